The van der Waals surface area contributed by atoms with Crippen molar-refractivity contribution in [1.29, 1.82) is 0 Å². The molecular weight excluding hydrogens is 445 g/mol. The molecule has 5 nitrogen and oxygen atoms in total. The minimum atomic E-state index is 0. The van der Waals surface area contributed by atoms with Gasteiger partial charge in [0.15, 0.2) is 5.96 Å². The highest BCUT2D eigenvalue weighted by molar-refractivity contribution is 14.0. The summed E-state index contributed by atoms with van der Waals surface area (Å²) in [7, 11) is 0. The molecule has 2 aliphatic rings. The van der Waals surface area contributed by atoms with Crippen LogP contribution in [0.3, 0.4) is 0 Å². The molecule has 1 atom stereocenters. The summed E-state index contributed by atoms with van der Waals surface area (Å²) in [6.07, 6.45) is 7.41. The predicted octanol–water partition coefficient (Wildman–Crippen LogP) is 3.34. The van der Waals surface area contributed by atoms with Gasteiger partial charge in [-0.05, 0) is 52.1 Å². The summed E-state index contributed by atoms with van der Waals surface area (Å²) in [6, 6.07) is 0. The third-order valence-electron chi connectivity index (χ3n) is 4.92. The first-order valence-electron chi connectivity index (χ1n) is 9.41. The number of guanidine groups is 1. The van der Waals surface area contributed by atoms with E-state index in [0.717, 1.165) is 36.5 Å². The molecule has 1 unspecified atom stereocenters. The minimum Gasteiger partial charge on any atom is -0.357 e. The van der Waals surface area contributed by atoms with Crippen LogP contribution >= 0.6 is 35.3 Å². The molecule has 142 valence electrons. The standard InChI is InChI=1S/C18H31N5S.HI/c1-3-19-18(21-12-17-20-11-15(2)24-17)23-10-7-16(14-23)13-22-8-5-4-6-9-22;/h11,16H,3-10,12-14H2,1-2H3,(H,19,21);1H. The fourth-order valence-electron chi connectivity index (χ4n) is 3.72. The first-order valence-corrected chi connectivity index (χ1v) is 10.2. The van der Waals surface area contributed by atoms with Crippen LogP contribution in [0.5, 0.6) is 0 Å². The second kappa shape index (κ2) is 10.7. The Kier molecular flexibility index (Phi) is 8.92. The van der Waals surface area contributed by atoms with Crippen LogP contribution in [-0.2, 0) is 6.54 Å². The molecule has 0 aromatic carbocycles. The summed E-state index contributed by atoms with van der Waals surface area (Å²) >= 11 is 1.74. The summed E-state index contributed by atoms with van der Waals surface area (Å²) in [4.78, 5) is 15.6. The van der Waals surface area contributed by atoms with Crippen molar-refractivity contribution in [2.24, 2.45) is 10.9 Å². The maximum atomic E-state index is 4.83. The number of hydrogen-bond acceptors (Lipinski definition) is 4. The molecule has 0 amide bonds. The molecule has 0 bridgehead atoms. The van der Waals surface area contributed by atoms with Gasteiger partial charge in [0.1, 0.15) is 5.01 Å². The number of aryl methyl sites for hydroxylation is 1. The van der Waals surface area contributed by atoms with Gasteiger partial charge in [-0.25, -0.2) is 9.98 Å². The van der Waals surface area contributed by atoms with E-state index in [1.807, 2.05) is 6.20 Å². The average Bonchev–Trinajstić information content (AvgIpc) is 3.22. The van der Waals surface area contributed by atoms with Gasteiger partial charge >= 0.3 is 0 Å². The van der Waals surface area contributed by atoms with Crippen LogP contribution in [0.25, 0.3) is 0 Å². The Morgan fingerprint density at radius 3 is 2.80 bits per heavy atom. The number of piperidine rings is 1. The molecule has 2 fully saturated rings. The van der Waals surface area contributed by atoms with Crippen molar-refractivity contribution in [1.82, 2.24) is 20.1 Å². The Hall–Kier alpha value is -0.410. The highest BCUT2D eigenvalue weighted by atomic mass is 127. The number of likely N-dealkylation sites (tertiary alicyclic amines) is 2. The normalized spacial score (nSPS) is 22.1. The van der Waals surface area contributed by atoms with Crippen molar-refractivity contribution in [3.8, 4) is 0 Å². The van der Waals surface area contributed by atoms with E-state index in [1.54, 1.807) is 11.3 Å². The number of aliphatic imine (C=N–C) groups is 1. The summed E-state index contributed by atoms with van der Waals surface area (Å²) < 4.78 is 0. The van der Waals surface area contributed by atoms with E-state index in [1.165, 1.54) is 50.2 Å². The number of aromatic nitrogens is 1. The SMILES string of the molecule is CCNC(=NCc1ncc(C)s1)N1CCC(CN2CCCCC2)C1.I. The van der Waals surface area contributed by atoms with E-state index in [4.69, 9.17) is 4.99 Å². The molecule has 25 heavy (non-hydrogen) atoms. The molecule has 0 saturated carbocycles. The summed E-state index contributed by atoms with van der Waals surface area (Å²) in [5.41, 5.74) is 0. The summed E-state index contributed by atoms with van der Waals surface area (Å²) in [6.45, 7) is 12.0. The summed E-state index contributed by atoms with van der Waals surface area (Å²) in [5.74, 6) is 1.85. The Morgan fingerprint density at radius 1 is 1.32 bits per heavy atom. The number of nitrogens with one attached hydrogen (secondary N) is 1. The van der Waals surface area contributed by atoms with Crippen LogP contribution in [0.15, 0.2) is 11.2 Å². The Bertz CT molecular complexity index is 541. The van der Waals surface area contributed by atoms with Crippen LogP contribution in [0, 0.1) is 12.8 Å². The lowest BCUT2D eigenvalue weighted by Crippen LogP contribution is -2.41. The lowest BCUT2D eigenvalue weighted by atomic mass is 10.1. The van der Waals surface area contributed by atoms with Gasteiger partial charge in [-0.15, -0.1) is 35.3 Å². The number of thiazole rings is 1. The largest absolute Gasteiger partial charge is 0.357 e. The Morgan fingerprint density at radius 2 is 2.12 bits per heavy atom. The van der Waals surface area contributed by atoms with Gasteiger partial charge in [-0.1, -0.05) is 6.42 Å². The van der Waals surface area contributed by atoms with Gasteiger partial charge in [-0.2, -0.15) is 0 Å². The molecule has 7 heteroatoms. The molecule has 0 spiro atoms. The first-order chi connectivity index (χ1) is 11.7. The lowest BCUT2D eigenvalue weighted by Gasteiger charge is -2.29. The molecule has 0 aliphatic carbocycles. The maximum absolute atomic E-state index is 4.83. The molecule has 2 aliphatic heterocycles. The van der Waals surface area contributed by atoms with E-state index < -0.39 is 0 Å². The topological polar surface area (TPSA) is 43.8 Å². The maximum Gasteiger partial charge on any atom is 0.194 e. The van der Waals surface area contributed by atoms with Crippen molar-refractivity contribution in [2.75, 3.05) is 39.3 Å². The van der Waals surface area contributed by atoms with Gasteiger partial charge in [0.25, 0.3) is 0 Å². The predicted molar refractivity (Wildman–Crippen MR) is 117 cm³/mol. The average molecular weight is 477 g/mol. The molecule has 2 saturated heterocycles. The highest BCUT2D eigenvalue weighted by Gasteiger charge is 2.26. The number of nitrogens with zero attached hydrogens (tertiary/aromatic N) is 4. The minimum absolute atomic E-state index is 0. The van der Waals surface area contributed by atoms with Gasteiger partial charge in [0.05, 0.1) is 6.54 Å². The zero-order valence-electron chi connectivity index (χ0n) is 15.5. The zero-order chi connectivity index (χ0) is 16.8. The number of halogens is 1. The van der Waals surface area contributed by atoms with E-state index in [-0.39, 0.29) is 24.0 Å². The zero-order valence-corrected chi connectivity index (χ0v) is 18.7. The van der Waals surface area contributed by atoms with Crippen LogP contribution in [0.2, 0.25) is 0 Å². The van der Waals surface area contributed by atoms with Crippen molar-refractivity contribution < 1.29 is 0 Å². The Balaban J connectivity index is 0.00000225. The fraction of sp³-hybridized carbons (Fsp3) is 0.778. The Labute approximate surface area is 173 Å². The first kappa shape index (κ1) is 20.9. The summed E-state index contributed by atoms with van der Waals surface area (Å²) in [5, 5.41) is 4.57. The molecule has 1 aromatic heterocycles. The van der Waals surface area contributed by atoms with Crippen molar-refractivity contribution in [3.05, 3.63) is 16.1 Å². The van der Waals surface area contributed by atoms with Crippen LogP contribution in [0.4, 0.5) is 0 Å². The lowest BCUT2D eigenvalue weighted by molar-refractivity contribution is 0.198. The van der Waals surface area contributed by atoms with Crippen LogP contribution in [-0.4, -0.2) is 60.0 Å². The van der Waals surface area contributed by atoms with Gasteiger partial charge in [-0.3, -0.25) is 0 Å². The van der Waals surface area contributed by atoms with Gasteiger partial charge in [0, 0.05) is 37.3 Å². The van der Waals surface area contributed by atoms with Crippen molar-refractivity contribution >= 4 is 41.3 Å². The molecule has 3 rings (SSSR count). The molecular formula is C18H32IN5S. The van der Waals surface area contributed by atoms with E-state index >= 15 is 0 Å². The third kappa shape index (κ3) is 6.36. The molecule has 1 aromatic rings. The monoisotopic (exact) mass is 477 g/mol. The van der Waals surface area contributed by atoms with Crippen LogP contribution < -0.4 is 5.32 Å². The molecule has 1 N–H and O–H groups in total. The second-order valence-electron chi connectivity index (χ2n) is 7.00. The van der Waals surface area contributed by atoms with E-state index in [2.05, 4.69) is 33.9 Å². The van der Waals surface area contributed by atoms with E-state index in [9.17, 15) is 0 Å². The van der Waals surface area contributed by atoms with Crippen molar-refractivity contribution in [3.63, 3.8) is 0 Å². The number of hydrogen-bond donors (Lipinski definition) is 1. The van der Waals surface area contributed by atoms with E-state index in [0.29, 0.717) is 6.54 Å². The van der Waals surface area contributed by atoms with Crippen molar-refractivity contribution in [2.45, 2.75) is 46.1 Å². The highest BCUT2D eigenvalue weighted by Crippen LogP contribution is 2.20. The smallest absolute Gasteiger partial charge is 0.194 e. The molecule has 0 radical (unpaired) electrons. The number of rotatable bonds is 5. The second-order valence-corrected chi connectivity index (χ2v) is 8.32. The van der Waals surface area contributed by atoms with Gasteiger partial charge in [0.2, 0.25) is 0 Å². The molecule has 3 heterocycles. The van der Waals surface area contributed by atoms with Crippen LogP contribution in [0.1, 0.15) is 42.5 Å². The third-order valence-corrected chi connectivity index (χ3v) is 5.82. The quantitative estimate of drug-likeness (QED) is 0.402. The fourth-order valence-corrected chi connectivity index (χ4v) is 4.44. The van der Waals surface area contributed by atoms with Gasteiger partial charge < -0.3 is 15.1 Å².